The first-order chi connectivity index (χ1) is 9.61. The van der Waals surface area contributed by atoms with Crippen LogP contribution in [0.3, 0.4) is 0 Å². The van der Waals surface area contributed by atoms with Crippen molar-refractivity contribution in [1.82, 2.24) is 5.32 Å². The van der Waals surface area contributed by atoms with Crippen molar-refractivity contribution in [3.63, 3.8) is 0 Å². The average Bonchev–Trinajstić information content (AvgIpc) is 2.40. The van der Waals surface area contributed by atoms with Crippen LogP contribution in [0.2, 0.25) is 0 Å². The molecule has 1 aromatic rings. The van der Waals surface area contributed by atoms with Crippen LogP contribution in [0, 0.1) is 0 Å². The molecule has 1 rings (SSSR count). The zero-order valence-corrected chi connectivity index (χ0v) is 12.4. The van der Waals surface area contributed by atoms with Gasteiger partial charge in [-0.2, -0.15) is 0 Å². The maximum Gasteiger partial charge on any atom is 0.225 e. The third kappa shape index (κ3) is 7.11. The van der Waals surface area contributed by atoms with Crippen LogP contribution in [0.4, 0.5) is 5.69 Å². The fraction of sp³-hybridized carbons (Fsp3) is 0.533. The molecule has 2 N–H and O–H groups in total. The van der Waals surface area contributed by atoms with Crippen LogP contribution in [0.15, 0.2) is 24.3 Å². The lowest BCUT2D eigenvalue weighted by Crippen LogP contribution is -2.24. The number of hydrogen-bond acceptors (Lipinski definition) is 4. The first kappa shape index (κ1) is 16.5. The van der Waals surface area contributed by atoms with Crippen LogP contribution < -0.4 is 15.4 Å². The molecule has 0 spiro atoms. The highest BCUT2D eigenvalue weighted by atomic mass is 16.5. The number of carbonyl (C=O) groups excluding carboxylic acids is 1. The normalized spacial score (nSPS) is 10.6. The Morgan fingerprint density at radius 3 is 2.50 bits per heavy atom. The second kappa shape index (κ2) is 9.34. The number of hydrogen-bond donors (Lipinski definition) is 2. The number of amides is 1. The number of carbonyl (C=O) groups is 1. The summed E-state index contributed by atoms with van der Waals surface area (Å²) in [5.41, 5.74) is 0.781. The van der Waals surface area contributed by atoms with Crippen molar-refractivity contribution in [1.29, 1.82) is 0 Å². The molecule has 0 atom stereocenters. The van der Waals surface area contributed by atoms with E-state index in [2.05, 4.69) is 10.6 Å². The number of nitrogens with one attached hydrogen (secondary N) is 2. The molecule has 0 saturated heterocycles. The highest BCUT2D eigenvalue weighted by Crippen LogP contribution is 2.16. The van der Waals surface area contributed by atoms with Crippen molar-refractivity contribution < 1.29 is 14.3 Å². The summed E-state index contributed by atoms with van der Waals surface area (Å²) < 4.78 is 10.5. The summed E-state index contributed by atoms with van der Waals surface area (Å²) in [7, 11) is 1.65. The van der Waals surface area contributed by atoms with Gasteiger partial charge in [-0.15, -0.1) is 0 Å². The molecule has 0 aromatic heterocycles. The van der Waals surface area contributed by atoms with Crippen LogP contribution in [-0.2, 0) is 9.53 Å². The molecule has 0 aliphatic rings. The van der Waals surface area contributed by atoms with Crippen LogP contribution in [-0.4, -0.2) is 38.8 Å². The standard InChI is InChI=1S/C15H24N2O3/c1-12(2)20-14-6-4-13(5-7-14)17-15(18)8-9-16-10-11-19-3/h4-7,12,16H,8-11H2,1-3H3,(H,17,18). The molecule has 0 unspecified atom stereocenters. The van der Waals surface area contributed by atoms with Crippen molar-refractivity contribution >= 4 is 11.6 Å². The van der Waals surface area contributed by atoms with Gasteiger partial charge in [0.15, 0.2) is 0 Å². The van der Waals surface area contributed by atoms with E-state index in [4.69, 9.17) is 9.47 Å². The summed E-state index contributed by atoms with van der Waals surface area (Å²) in [6, 6.07) is 7.39. The van der Waals surface area contributed by atoms with E-state index in [1.54, 1.807) is 7.11 Å². The highest BCUT2D eigenvalue weighted by Gasteiger charge is 2.03. The topological polar surface area (TPSA) is 59.6 Å². The van der Waals surface area contributed by atoms with Gasteiger partial charge >= 0.3 is 0 Å². The average molecular weight is 280 g/mol. The van der Waals surface area contributed by atoms with Gasteiger partial charge in [-0.3, -0.25) is 4.79 Å². The molecule has 5 nitrogen and oxygen atoms in total. The molecule has 20 heavy (non-hydrogen) atoms. The van der Waals surface area contributed by atoms with Gasteiger partial charge in [0.05, 0.1) is 12.7 Å². The van der Waals surface area contributed by atoms with Gasteiger partial charge in [0, 0.05) is 32.3 Å². The van der Waals surface area contributed by atoms with E-state index in [0.717, 1.165) is 18.0 Å². The third-order valence-electron chi connectivity index (χ3n) is 2.52. The van der Waals surface area contributed by atoms with Crippen molar-refractivity contribution in [2.75, 3.05) is 32.1 Å². The van der Waals surface area contributed by atoms with E-state index < -0.39 is 0 Å². The van der Waals surface area contributed by atoms with Gasteiger partial charge in [0.1, 0.15) is 5.75 Å². The van der Waals surface area contributed by atoms with E-state index in [1.165, 1.54) is 0 Å². The quantitative estimate of drug-likeness (QED) is 0.680. The zero-order valence-electron chi connectivity index (χ0n) is 12.4. The van der Waals surface area contributed by atoms with E-state index in [0.29, 0.717) is 19.6 Å². The number of anilines is 1. The lowest BCUT2D eigenvalue weighted by molar-refractivity contribution is -0.116. The Labute approximate surface area is 120 Å². The van der Waals surface area contributed by atoms with Gasteiger partial charge in [-0.1, -0.05) is 0 Å². The van der Waals surface area contributed by atoms with E-state index >= 15 is 0 Å². The zero-order chi connectivity index (χ0) is 14.8. The lowest BCUT2D eigenvalue weighted by atomic mass is 10.3. The number of ether oxygens (including phenoxy) is 2. The molecule has 0 radical (unpaired) electrons. The maximum atomic E-state index is 11.7. The Hall–Kier alpha value is -1.59. The molecule has 0 fully saturated rings. The summed E-state index contributed by atoms with van der Waals surface area (Å²) in [5.74, 6) is 0.798. The van der Waals surface area contributed by atoms with Crippen molar-refractivity contribution in [2.45, 2.75) is 26.4 Å². The van der Waals surface area contributed by atoms with E-state index in [-0.39, 0.29) is 12.0 Å². The molecule has 0 aliphatic carbocycles. The fourth-order valence-electron chi connectivity index (χ4n) is 1.61. The second-order valence-corrected chi connectivity index (χ2v) is 4.73. The Morgan fingerprint density at radius 1 is 1.20 bits per heavy atom. The SMILES string of the molecule is COCCNCCC(=O)Nc1ccc(OC(C)C)cc1. The monoisotopic (exact) mass is 280 g/mol. The Morgan fingerprint density at radius 2 is 1.90 bits per heavy atom. The Kier molecular flexibility index (Phi) is 7.69. The molecule has 5 heteroatoms. The van der Waals surface area contributed by atoms with Gasteiger partial charge in [0.25, 0.3) is 0 Å². The second-order valence-electron chi connectivity index (χ2n) is 4.73. The van der Waals surface area contributed by atoms with Crippen LogP contribution in [0.5, 0.6) is 5.75 Å². The number of benzene rings is 1. The molecule has 1 aromatic carbocycles. The molecular weight excluding hydrogens is 256 g/mol. The minimum Gasteiger partial charge on any atom is -0.491 e. The summed E-state index contributed by atoms with van der Waals surface area (Å²) in [6.07, 6.45) is 0.585. The summed E-state index contributed by atoms with van der Waals surface area (Å²) >= 11 is 0. The Balaban J connectivity index is 2.27. The molecule has 0 heterocycles. The Bertz CT molecular complexity index is 391. The van der Waals surface area contributed by atoms with E-state index in [1.807, 2.05) is 38.1 Å². The van der Waals surface area contributed by atoms with Gasteiger partial charge < -0.3 is 20.1 Å². The smallest absolute Gasteiger partial charge is 0.225 e. The largest absolute Gasteiger partial charge is 0.491 e. The van der Waals surface area contributed by atoms with Crippen molar-refractivity contribution in [3.8, 4) is 5.75 Å². The predicted molar refractivity (Wildman–Crippen MR) is 80.2 cm³/mol. The maximum absolute atomic E-state index is 11.7. The molecular formula is C15H24N2O3. The lowest BCUT2D eigenvalue weighted by Gasteiger charge is -2.10. The fourth-order valence-corrected chi connectivity index (χ4v) is 1.61. The predicted octanol–water partition coefficient (Wildman–Crippen LogP) is 2.04. The highest BCUT2D eigenvalue weighted by molar-refractivity contribution is 5.90. The van der Waals surface area contributed by atoms with Crippen molar-refractivity contribution in [3.05, 3.63) is 24.3 Å². The number of methoxy groups -OCH3 is 1. The summed E-state index contributed by atoms with van der Waals surface area (Å²) in [6.45, 7) is 6.01. The van der Waals surface area contributed by atoms with Crippen LogP contribution in [0.1, 0.15) is 20.3 Å². The first-order valence-electron chi connectivity index (χ1n) is 6.88. The van der Waals surface area contributed by atoms with Crippen LogP contribution in [0.25, 0.3) is 0 Å². The minimum absolute atomic E-state index is 0.00700. The molecule has 0 aliphatic heterocycles. The van der Waals surface area contributed by atoms with Gasteiger partial charge in [-0.05, 0) is 38.1 Å². The summed E-state index contributed by atoms with van der Waals surface area (Å²) in [5, 5.41) is 5.98. The van der Waals surface area contributed by atoms with Gasteiger partial charge in [0.2, 0.25) is 5.91 Å². The van der Waals surface area contributed by atoms with Crippen LogP contribution >= 0.6 is 0 Å². The first-order valence-corrected chi connectivity index (χ1v) is 6.88. The molecule has 1 amide bonds. The van der Waals surface area contributed by atoms with Crippen molar-refractivity contribution in [2.24, 2.45) is 0 Å². The van der Waals surface area contributed by atoms with Gasteiger partial charge in [-0.25, -0.2) is 0 Å². The summed E-state index contributed by atoms with van der Waals surface area (Å²) in [4.78, 5) is 11.7. The minimum atomic E-state index is -0.00700. The molecule has 0 bridgehead atoms. The third-order valence-corrected chi connectivity index (χ3v) is 2.52. The van der Waals surface area contributed by atoms with E-state index in [9.17, 15) is 4.79 Å². The molecule has 0 saturated carbocycles. The number of rotatable bonds is 9. The molecule has 112 valence electrons.